The van der Waals surface area contributed by atoms with Crippen LogP contribution >= 0.6 is 0 Å². The third kappa shape index (κ3) is 4.85. The predicted molar refractivity (Wildman–Crippen MR) is 139 cm³/mol. The molecule has 1 N–H and O–H groups in total. The molecule has 1 fully saturated rings. The molecule has 0 radical (unpaired) electrons. The lowest BCUT2D eigenvalue weighted by Crippen LogP contribution is -2.43. The van der Waals surface area contributed by atoms with Crippen LogP contribution in [0, 0.1) is 0 Å². The number of rotatable bonds is 5. The summed E-state index contributed by atoms with van der Waals surface area (Å²) < 4.78 is 0. The highest BCUT2D eigenvalue weighted by Crippen LogP contribution is 2.41. The van der Waals surface area contributed by atoms with Crippen LogP contribution in [0.1, 0.15) is 56.7 Å². The van der Waals surface area contributed by atoms with Gasteiger partial charge in [-0.1, -0.05) is 42.8 Å². The normalized spacial score (nSPS) is 20.6. The van der Waals surface area contributed by atoms with Gasteiger partial charge in [-0.15, -0.1) is 0 Å². The fourth-order valence-corrected chi connectivity index (χ4v) is 5.47. The van der Waals surface area contributed by atoms with Crippen molar-refractivity contribution in [3.05, 3.63) is 78.0 Å². The number of likely N-dealkylation sites (tertiary alicyclic amines) is 1. The molecule has 2 aromatic carbocycles. The van der Waals surface area contributed by atoms with Crippen molar-refractivity contribution in [2.75, 3.05) is 23.3 Å². The van der Waals surface area contributed by atoms with E-state index in [1.54, 1.807) is 13.1 Å². The van der Waals surface area contributed by atoms with Crippen LogP contribution in [0.5, 0.6) is 0 Å². The van der Waals surface area contributed by atoms with Crippen LogP contribution in [0.25, 0.3) is 11.1 Å². The van der Waals surface area contributed by atoms with E-state index in [0.29, 0.717) is 0 Å². The summed E-state index contributed by atoms with van der Waals surface area (Å²) in [5, 5.41) is 3.61. The molecule has 0 bridgehead atoms. The molecule has 2 atom stereocenters. The number of fused-ring (bicyclic) bond motifs is 1. The Balaban J connectivity index is 1.43. The number of nitrogens with one attached hydrogen (secondary N) is 1. The minimum Gasteiger partial charge on any atom is -0.363 e. The summed E-state index contributed by atoms with van der Waals surface area (Å²) in [6, 6.07) is 21.6. The molecule has 176 valence electrons. The van der Waals surface area contributed by atoms with Gasteiger partial charge < -0.3 is 10.2 Å². The molecule has 2 aliphatic heterocycles. The number of hydrogen-bond donors (Lipinski definition) is 1. The van der Waals surface area contributed by atoms with E-state index in [0.717, 1.165) is 30.0 Å². The molecule has 5 nitrogen and oxygen atoms in total. The number of amides is 1. The zero-order chi connectivity index (χ0) is 23.5. The molecular formula is C29H34N4O. The first-order valence-corrected chi connectivity index (χ1v) is 12.5. The second kappa shape index (κ2) is 9.98. The van der Waals surface area contributed by atoms with Crippen molar-refractivity contribution < 1.29 is 4.79 Å². The molecule has 3 aromatic rings. The molecule has 0 saturated carbocycles. The first kappa shape index (κ1) is 22.6. The van der Waals surface area contributed by atoms with Crippen LogP contribution in [0.4, 0.5) is 11.5 Å². The van der Waals surface area contributed by atoms with E-state index >= 15 is 0 Å². The van der Waals surface area contributed by atoms with Gasteiger partial charge in [0.25, 0.3) is 0 Å². The topological polar surface area (TPSA) is 48.5 Å². The van der Waals surface area contributed by atoms with E-state index < -0.39 is 0 Å². The second-order valence-corrected chi connectivity index (χ2v) is 9.69. The van der Waals surface area contributed by atoms with E-state index in [9.17, 15) is 4.79 Å². The predicted octanol–water partition coefficient (Wildman–Crippen LogP) is 6.03. The highest BCUT2D eigenvalue weighted by Gasteiger charge is 2.32. The Morgan fingerprint density at radius 3 is 2.47 bits per heavy atom. The van der Waals surface area contributed by atoms with Crippen molar-refractivity contribution in [3.63, 3.8) is 0 Å². The Hall–Kier alpha value is -3.18. The van der Waals surface area contributed by atoms with Gasteiger partial charge in [-0.3, -0.25) is 9.69 Å². The highest BCUT2D eigenvalue weighted by molar-refractivity contribution is 5.94. The monoisotopic (exact) mass is 454 g/mol. The SMILES string of the molecule is CC(=O)N1c2ccc(-c3ccc(CN4CCCCC4)cc3)cc2C(Nc2ccccn2)CC1C. The highest BCUT2D eigenvalue weighted by atomic mass is 16.2. The van der Waals surface area contributed by atoms with E-state index in [4.69, 9.17) is 0 Å². The van der Waals surface area contributed by atoms with Crippen LogP contribution in [-0.4, -0.2) is 34.9 Å². The van der Waals surface area contributed by atoms with Crippen LogP contribution in [0.2, 0.25) is 0 Å². The minimum atomic E-state index is 0.0832. The summed E-state index contributed by atoms with van der Waals surface area (Å²) in [7, 11) is 0. The number of benzene rings is 2. The average molecular weight is 455 g/mol. The van der Waals surface area contributed by atoms with Gasteiger partial charge in [0.2, 0.25) is 5.91 Å². The molecule has 1 saturated heterocycles. The quantitative estimate of drug-likeness (QED) is 0.511. The van der Waals surface area contributed by atoms with E-state index in [2.05, 4.69) is 64.6 Å². The van der Waals surface area contributed by atoms with E-state index in [-0.39, 0.29) is 18.0 Å². The Morgan fingerprint density at radius 2 is 1.76 bits per heavy atom. The average Bonchev–Trinajstić information content (AvgIpc) is 2.85. The van der Waals surface area contributed by atoms with E-state index in [1.165, 1.54) is 49.0 Å². The zero-order valence-electron chi connectivity index (χ0n) is 20.2. The smallest absolute Gasteiger partial charge is 0.224 e. The summed E-state index contributed by atoms with van der Waals surface area (Å²) in [5.74, 6) is 0.939. The Bertz CT molecular complexity index is 1120. The molecule has 1 aromatic heterocycles. The fourth-order valence-electron chi connectivity index (χ4n) is 5.47. The fraction of sp³-hybridized carbons (Fsp3) is 0.379. The second-order valence-electron chi connectivity index (χ2n) is 9.69. The van der Waals surface area contributed by atoms with Gasteiger partial charge in [0.1, 0.15) is 5.82 Å². The summed E-state index contributed by atoms with van der Waals surface area (Å²) in [5.41, 5.74) is 5.89. The minimum absolute atomic E-state index is 0.0832. The maximum atomic E-state index is 12.5. The van der Waals surface area contributed by atoms with Gasteiger partial charge in [-0.05, 0) is 85.8 Å². The van der Waals surface area contributed by atoms with Crippen molar-refractivity contribution in [2.24, 2.45) is 0 Å². The molecule has 34 heavy (non-hydrogen) atoms. The lowest BCUT2D eigenvalue weighted by molar-refractivity contribution is -0.117. The number of pyridine rings is 1. The lowest BCUT2D eigenvalue weighted by Gasteiger charge is -2.39. The molecule has 5 rings (SSSR count). The summed E-state index contributed by atoms with van der Waals surface area (Å²) in [4.78, 5) is 21.4. The van der Waals surface area contributed by atoms with Crippen LogP contribution in [0.15, 0.2) is 66.9 Å². The number of carbonyl (C=O) groups is 1. The summed E-state index contributed by atoms with van der Waals surface area (Å²) in [6.07, 6.45) is 6.64. The van der Waals surface area contributed by atoms with E-state index in [1.807, 2.05) is 23.1 Å². The number of carbonyl (C=O) groups excluding carboxylic acids is 1. The molecule has 0 spiro atoms. The summed E-state index contributed by atoms with van der Waals surface area (Å²) in [6.45, 7) is 7.23. The largest absolute Gasteiger partial charge is 0.363 e. The van der Waals surface area contributed by atoms with Gasteiger partial charge in [0, 0.05) is 31.4 Å². The van der Waals surface area contributed by atoms with Crippen LogP contribution in [0.3, 0.4) is 0 Å². The van der Waals surface area contributed by atoms with Crippen molar-refractivity contribution in [1.29, 1.82) is 0 Å². The van der Waals surface area contributed by atoms with Gasteiger partial charge in [0.15, 0.2) is 0 Å². The number of hydrogen-bond acceptors (Lipinski definition) is 4. The van der Waals surface area contributed by atoms with Crippen molar-refractivity contribution in [3.8, 4) is 11.1 Å². The molecule has 3 heterocycles. The molecule has 0 aliphatic carbocycles. The maximum absolute atomic E-state index is 12.5. The van der Waals surface area contributed by atoms with Crippen molar-refractivity contribution in [1.82, 2.24) is 9.88 Å². The molecule has 2 aliphatic rings. The van der Waals surface area contributed by atoms with Gasteiger partial charge in [-0.2, -0.15) is 0 Å². The lowest BCUT2D eigenvalue weighted by atomic mass is 9.89. The Labute approximate surface area is 202 Å². The number of nitrogens with zero attached hydrogens (tertiary/aromatic N) is 3. The van der Waals surface area contributed by atoms with Gasteiger partial charge in [0.05, 0.1) is 6.04 Å². The molecule has 1 amide bonds. The van der Waals surface area contributed by atoms with Gasteiger partial charge >= 0.3 is 0 Å². The third-order valence-electron chi connectivity index (χ3n) is 7.15. The molecular weight excluding hydrogens is 420 g/mol. The Morgan fingerprint density at radius 1 is 1.00 bits per heavy atom. The maximum Gasteiger partial charge on any atom is 0.224 e. The summed E-state index contributed by atoms with van der Waals surface area (Å²) >= 11 is 0. The Kier molecular flexibility index (Phi) is 6.63. The zero-order valence-corrected chi connectivity index (χ0v) is 20.2. The number of aromatic nitrogens is 1. The first-order valence-electron chi connectivity index (χ1n) is 12.5. The first-order chi connectivity index (χ1) is 16.6. The van der Waals surface area contributed by atoms with Crippen molar-refractivity contribution in [2.45, 2.75) is 58.2 Å². The third-order valence-corrected chi connectivity index (χ3v) is 7.15. The van der Waals surface area contributed by atoms with Crippen LogP contribution in [-0.2, 0) is 11.3 Å². The van der Waals surface area contributed by atoms with Crippen LogP contribution < -0.4 is 10.2 Å². The number of anilines is 2. The van der Waals surface area contributed by atoms with Crippen molar-refractivity contribution >= 4 is 17.4 Å². The van der Waals surface area contributed by atoms with Gasteiger partial charge in [-0.25, -0.2) is 4.98 Å². The molecule has 2 unspecified atom stereocenters. The standard InChI is InChI=1S/C29H34N4O/c1-21-18-27(31-29-8-4-5-15-30-29)26-19-25(13-14-28(26)33(21)22(2)34)24-11-9-23(10-12-24)20-32-16-6-3-7-17-32/h4-5,8-15,19,21,27H,3,6-7,16-18,20H2,1-2H3,(H,30,31). The number of piperidine rings is 1. The molecule has 5 heteroatoms.